The highest BCUT2D eigenvalue weighted by atomic mass is 32.1. The lowest BCUT2D eigenvalue weighted by atomic mass is 10.1. The van der Waals surface area contributed by atoms with Crippen LogP contribution in [0, 0.1) is 6.92 Å². The molecule has 0 saturated heterocycles. The Morgan fingerprint density at radius 1 is 1.61 bits per heavy atom. The Bertz CT molecular complexity index is 508. The average molecular weight is 282 g/mol. The van der Waals surface area contributed by atoms with E-state index in [1.54, 1.807) is 28.9 Å². The maximum absolute atomic E-state index is 11.2. The predicted octanol–water partition coefficient (Wildman–Crippen LogP) is 2.30. The van der Waals surface area contributed by atoms with Gasteiger partial charge in [0.15, 0.2) is 0 Å². The molecule has 0 bridgehead atoms. The van der Waals surface area contributed by atoms with Crippen molar-refractivity contribution in [2.24, 2.45) is 0 Å². The quantitative estimate of drug-likeness (QED) is 0.853. The summed E-state index contributed by atoms with van der Waals surface area (Å²) in [5.41, 5.74) is 1.05. The predicted molar refractivity (Wildman–Crippen MR) is 73.1 cm³/mol. The van der Waals surface area contributed by atoms with E-state index in [9.17, 15) is 9.90 Å². The van der Waals surface area contributed by atoms with E-state index in [-0.39, 0.29) is 0 Å². The van der Waals surface area contributed by atoms with Gasteiger partial charge in [0.25, 0.3) is 0 Å². The van der Waals surface area contributed by atoms with Crippen LogP contribution in [-0.2, 0) is 17.8 Å². The highest BCUT2D eigenvalue weighted by Gasteiger charge is 2.17. The Hall–Kier alpha value is -1.24. The molecule has 2 aromatic rings. The molecule has 18 heavy (non-hydrogen) atoms. The van der Waals surface area contributed by atoms with Gasteiger partial charge in [-0.25, -0.2) is 4.98 Å². The van der Waals surface area contributed by atoms with Gasteiger partial charge in [-0.3, -0.25) is 10.1 Å². The number of nitrogens with one attached hydrogen (secondary N) is 1. The molecule has 96 valence electrons. The Balaban J connectivity index is 1.92. The molecule has 0 radical (unpaired) electrons. The first-order chi connectivity index (χ1) is 8.65. The Kier molecular flexibility index (Phi) is 4.46. The number of hydrogen-bond donors (Lipinski definition) is 2. The van der Waals surface area contributed by atoms with E-state index in [2.05, 4.69) is 10.3 Å². The van der Waals surface area contributed by atoms with Crippen molar-refractivity contribution in [1.82, 2.24) is 10.3 Å². The van der Waals surface area contributed by atoms with E-state index >= 15 is 0 Å². The summed E-state index contributed by atoms with van der Waals surface area (Å²) in [6.45, 7) is 2.49. The molecule has 0 aliphatic carbocycles. The summed E-state index contributed by atoms with van der Waals surface area (Å²) in [5, 5.41) is 17.1. The SMILES string of the molecule is Cc1cnc(CNC(Cc2ccsc2)C(=O)O)s1. The van der Waals surface area contributed by atoms with Crippen LogP contribution >= 0.6 is 22.7 Å². The van der Waals surface area contributed by atoms with Crippen LogP contribution in [0.3, 0.4) is 0 Å². The molecule has 0 amide bonds. The minimum absolute atomic E-state index is 0.500. The number of carboxylic acids is 1. The molecule has 0 aliphatic rings. The van der Waals surface area contributed by atoms with Crippen LogP contribution < -0.4 is 5.32 Å². The second kappa shape index (κ2) is 6.08. The van der Waals surface area contributed by atoms with Crippen LogP contribution in [0.2, 0.25) is 0 Å². The topological polar surface area (TPSA) is 62.2 Å². The number of nitrogens with zero attached hydrogens (tertiary/aromatic N) is 1. The van der Waals surface area contributed by atoms with Gasteiger partial charge >= 0.3 is 5.97 Å². The molecule has 2 aromatic heterocycles. The number of aryl methyl sites for hydroxylation is 1. The standard InChI is InChI=1S/C12H14N2O2S2/c1-8-5-14-11(18-8)6-13-10(12(15)16)4-9-2-3-17-7-9/h2-3,5,7,10,13H,4,6H2,1H3,(H,15,16). The first-order valence-electron chi connectivity index (χ1n) is 5.53. The van der Waals surface area contributed by atoms with Crippen molar-refractivity contribution in [3.63, 3.8) is 0 Å². The maximum atomic E-state index is 11.2. The summed E-state index contributed by atoms with van der Waals surface area (Å²) in [6, 6.07) is 1.39. The summed E-state index contributed by atoms with van der Waals surface area (Å²) in [4.78, 5) is 16.5. The lowest BCUT2D eigenvalue weighted by Crippen LogP contribution is -2.37. The minimum atomic E-state index is -0.825. The van der Waals surface area contributed by atoms with Gasteiger partial charge in [-0.2, -0.15) is 11.3 Å². The second-order valence-corrected chi connectivity index (χ2v) is 6.07. The van der Waals surface area contributed by atoms with E-state index in [4.69, 9.17) is 0 Å². The second-order valence-electron chi connectivity index (χ2n) is 3.97. The Morgan fingerprint density at radius 2 is 2.44 bits per heavy atom. The van der Waals surface area contributed by atoms with Gasteiger partial charge < -0.3 is 5.11 Å². The first kappa shape index (κ1) is 13.2. The molecule has 0 aromatic carbocycles. The van der Waals surface area contributed by atoms with Crippen molar-refractivity contribution >= 4 is 28.6 Å². The van der Waals surface area contributed by atoms with Gasteiger partial charge in [0.1, 0.15) is 11.0 Å². The van der Waals surface area contributed by atoms with Crippen LogP contribution in [0.4, 0.5) is 0 Å². The van der Waals surface area contributed by atoms with Gasteiger partial charge in [0.2, 0.25) is 0 Å². The van der Waals surface area contributed by atoms with E-state index in [1.807, 2.05) is 23.8 Å². The lowest BCUT2D eigenvalue weighted by molar-refractivity contribution is -0.139. The summed E-state index contributed by atoms with van der Waals surface area (Å²) >= 11 is 3.17. The van der Waals surface area contributed by atoms with Crippen molar-refractivity contribution in [2.75, 3.05) is 0 Å². The molecular weight excluding hydrogens is 268 g/mol. The van der Waals surface area contributed by atoms with Crippen molar-refractivity contribution in [3.8, 4) is 0 Å². The fourth-order valence-corrected chi connectivity index (χ4v) is 3.00. The Morgan fingerprint density at radius 3 is 3.00 bits per heavy atom. The molecule has 2 rings (SSSR count). The van der Waals surface area contributed by atoms with E-state index < -0.39 is 12.0 Å². The fourth-order valence-electron chi connectivity index (χ4n) is 1.58. The van der Waals surface area contributed by atoms with Crippen LogP contribution in [0.15, 0.2) is 23.0 Å². The number of hydrogen-bond acceptors (Lipinski definition) is 5. The summed E-state index contributed by atoms with van der Waals surface area (Å²) < 4.78 is 0. The molecule has 0 saturated carbocycles. The number of carboxylic acid groups (broad SMARTS) is 1. The highest BCUT2D eigenvalue weighted by molar-refractivity contribution is 7.11. The fraction of sp³-hybridized carbons (Fsp3) is 0.333. The van der Waals surface area contributed by atoms with Gasteiger partial charge in [0, 0.05) is 17.6 Å². The number of thiazole rings is 1. The highest BCUT2D eigenvalue weighted by Crippen LogP contribution is 2.12. The number of rotatable bonds is 6. The minimum Gasteiger partial charge on any atom is -0.480 e. The van der Waals surface area contributed by atoms with Crippen LogP contribution in [0.25, 0.3) is 0 Å². The largest absolute Gasteiger partial charge is 0.480 e. The zero-order valence-electron chi connectivity index (χ0n) is 9.92. The van der Waals surface area contributed by atoms with Gasteiger partial charge in [-0.15, -0.1) is 11.3 Å². The average Bonchev–Trinajstić information content (AvgIpc) is 2.95. The molecule has 4 nitrogen and oxygen atoms in total. The monoisotopic (exact) mass is 282 g/mol. The van der Waals surface area contributed by atoms with Gasteiger partial charge in [0.05, 0.1) is 0 Å². The number of thiophene rings is 1. The summed E-state index contributed by atoms with van der Waals surface area (Å²) in [6.07, 6.45) is 2.31. The normalized spacial score (nSPS) is 12.5. The van der Waals surface area contributed by atoms with Gasteiger partial charge in [-0.1, -0.05) is 0 Å². The number of aromatic nitrogens is 1. The molecule has 2 heterocycles. The molecule has 1 atom stereocenters. The summed E-state index contributed by atoms with van der Waals surface area (Å²) in [7, 11) is 0. The van der Waals surface area contributed by atoms with Gasteiger partial charge in [-0.05, 0) is 35.7 Å². The zero-order valence-corrected chi connectivity index (χ0v) is 11.6. The molecular formula is C12H14N2O2S2. The van der Waals surface area contributed by atoms with Crippen molar-refractivity contribution in [3.05, 3.63) is 38.5 Å². The van der Waals surface area contributed by atoms with Crippen LogP contribution in [-0.4, -0.2) is 22.1 Å². The Labute approximate surface area is 113 Å². The van der Waals surface area contributed by atoms with Crippen molar-refractivity contribution in [2.45, 2.75) is 25.9 Å². The molecule has 0 aliphatic heterocycles. The van der Waals surface area contributed by atoms with E-state index in [1.165, 1.54) is 0 Å². The summed E-state index contributed by atoms with van der Waals surface area (Å²) in [5.74, 6) is -0.825. The third-order valence-electron chi connectivity index (χ3n) is 2.49. The first-order valence-corrected chi connectivity index (χ1v) is 7.29. The van der Waals surface area contributed by atoms with Crippen LogP contribution in [0.5, 0.6) is 0 Å². The number of aliphatic carboxylic acids is 1. The molecule has 6 heteroatoms. The molecule has 2 N–H and O–H groups in total. The van der Waals surface area contributed by atoms with Crippen LogP contribution in [0.1, 0.15) is 15.4 Å². The molecule has 0 fully saturated rings. The third-order valence-corrected chi connectivity index (χ3v) is 4.13. The van der Waals surface area contributed by atoms with Crippen molar-refractivity contribution < 1.29 is 9.90 Å². The lowest BCUT2D eigenvalue weighted by Gasteiger charge is -2.12. The van der Waals surface area contributed by atoms with E-state index in [0.717, 1.165) is 15.4 Å². The molecule has 0 spiro atoms. The number of carbonyl (C=O) groups is 1. The maximum Gasteiger partial charge on any atom is 0.321 e. The third kappa shape index (κ3) is 3.63. The zero-order chi connectivity index (χ0) is 13.0. The smallest absolute Gasteiger partial charge is 0.321 e. The van der Waals surface area contributed by atoms with Crippen molar-refractivity contribution in [1.29, 1.82) is 0 Å². The molecule has 1 unspecified atom stereocenters. The van der Waals surface area contributed by atoms with E-state index in [0.29, 0.717) is 13.0 Å².